The molecule has 2 nitrogen and oxygen atoms in total. The minimum absolute atomic E-state index is 0.121. The lowest BCUT2D eigenvalue weighted by Crippen LogP contribution is -2.57. The van der Waals surface area contributed by atoms with E-state index in [-0.39, 0.29) is 16.9 Å². The first kappa shape index (κ1) is 16.1. The smallest absolute Gasteiger partial charge is 0.137 e. The Hall–Kier alpha value is -0.370. The number of aliphatic hydroxyl groups is 1. The van der Waals surface area contributed by atoms with Crippen molar-refractivity contribution in [2.45, 2.75) is 84.7 Å². The largest absolute Gasteiger partial charge is 0.393 e. The van der Waals surface area contributed by atoms with E-state index in [1.165, 1.54) is 32.1 Å². The number of carbonyl (C=O) groups is 1. The Morgan fingerprint density at radius 2 is 1.87 bits per heavy atom. The van der Waals surface area contributed by atoms with E-state index in [0.29, 0.717) is 23.5 Å². The predicted molar refractivity (Wildman–Crippen MR) is 91.9 cm³/mol. The van der Waals surface area contributed by atoms with Crippen molar-refractivity contribution >= 4 is 5.78 Å². The van der Waals surface area contributed by atoms with E-state index in [4.69, 9.17) is 0 Å². The predicted octanol–water partition coefficient (Wildman–Crippen LogP) is 4.60. The van der Waals surface area contributed by atoms with Gasteiger partial charge in [0.05, 0.1) is 6.10 Å². The summed E-state index contributed by atoms with van der Waals surface area (Å²) in [6.07, 6.45) is 10.0. The summed E-state index contributed by atoms with van der Waals surface area (Å²) in [4.78, 5) is 13.3. The van der Waals surface area contributed by atoms with Gasteiger partial charge in [-0.3, -0.25) is 4.79 Å². The summed E-state index contributed by atoms with van der Waals surface area (Å²) >= 11 is 0. The number of ketones is 1. The molecule has 0 aromatic heterocycles. The fourth-order valence-corrected chi connectivity index (χ4v) is 7.82. The molecular formula is C21H34O2. The fraction of sp³-hybridized carbons (Fsp3) is 0.952. The summed E-state index contributed by atoms with van der Waals surface area (Å²) in [6, 6.07) is 0. The summed E-state index contributed by atoms with van der Waals surface area (Å²) < 4.78 is 0. The summed E-state index contributed by atoms with van der Waals surface area (Å²) in [6.45, 7) is 7.15. The van der Waals surface area contributed by atoms with Crippen LogP contribution in [-0.4, -0.2) is 17.0 Å². The van der Waals surface area contributed by atoms with E-state index in [2.05, 4.69) is 20.8 Å². The molecule has 0 spiro atoms. The first-order chi connectivity index (χ1) is 10.9. The van der Waals surface area contributed by atoms with Crippen LogP contribution in [0.15, 0.2) is 0 Å². The molecule has 23 heavy (non-hydrogen) atoms. The van der Waals surface area contributed by atoms with Gasteiger partial charge in [0.1, 0.15) is 5.78 Å². The average molecular weight is 319 g/mol. The van der Waals surface area contributed by atoms with E-state index < -0.39 is 0 Å². The van der Waals surface area contributed by atoms with Gasteiger partial charge in [0.25, 0.3) is 0 Å². The van der Waals surface area contributed by atoms with Gasteiger partial charge in [-0.2, -0.15) is 0 Å². The molecule has 0 aliphatic heterocycles. The molecule has 4 aliphatic carbocycles. The number of rotatable bonds is 1. The van der Waals surface area contributed by atoms with Crippen molar-refractivity contribution in [3.63, 3.8) is 0 Å². The van der Waals surface area contributed by atoms with E-state index in [9.17, 15) is 9.90 Å². The van der Waals surface area contributed by atoms with Crippen molar-refractivity contribution in [3.05, 3.63) is 0 Å². The third-order valence-corrected chi connectivity index (χ3v) is 9.01. The normalized spacial score (nSPS) is 55.9. The van der Waals surface area contributed by atoms with Gasteiger partial charge in [0, 0.05) is 12.3 Å². The fourth-order valence-electron chi connectivity index (χ4n) is 7.82. The van der Waals surface area contributed by atoms with E-state index in [1.807, 2.05) is 0 Å². The maximum atomic E-state index is 13.3. The zero-order valence-corrected chi connectivity index (χ0v) is 15.2. The lowest BCUT2D eigenvalue weighted by molar-refractivity contribution is -0.161. The second-order valence-corrected chi connectivity index (χ2v) is 9.79. The quantitative estimate of drug-likeness (QED) is 0.767. The van der Waals surface area contributed by atoms with Crippen LogP contribution >= 0.6 is 0 Å². The highest BCUT2D eigenvalue weighted by molar-refractivity contribution is 5.84. The number of aliphatic hydroxyl groups excluding tert-OH is 1. The molecule has 0 unspecified atom stereocenters. The summed E-state index contributed by atoms with van der Waals surface area (Å²) in [5, 5.41) is 10.1. The lowest BCUT2D eigenvalue weighted by Gasteiger charge is -2.59. The Kier molecular flexibility index (Phi) is 3.72. The number of carbonyl (C=O) groups excluding carboxylic acids is 1. The van der Waals surface area contributed by atoms with Crippen molar-refractivity contribution in [3.8, 4) is 0 Å². The van der Waals surface area contributed by atoms with Gasteiger partial charge in [0.15, 0.2) is 0 Å². The molecule has 8 atom stereocenters. The molecule has 130 valence electrons. The summed E-state index contributed by atoms with van der Waals surface area (Å²) in [7, 11) is 0. The van der Waals surface area contributed by atoms with Crippen LogP contribution in [0, 0.1) is 40.4 Å². The first-order valence-electron chi connectivity index (χ1n) is 10.1. The molecule has 0 heterocycles. The highest BCUT2D eigenvalue weighted by Gasteiger charge is 2.62. The van der Waals surface area contributed by atoms with Gasteiger partial charge in [-0.1, -0.05) is 27.2 Å². The van der Waals surface area contributed by atoms with Gasteiger partial charge >= 0.3 is 0 Å². The molecule has 0 saturated heterocycles. The van der Waals surface area contributed by atoms with Crippen LogP contribution in [0.1, 0.15) is 78.6 Å². The molecule has 0 aromatic carbocycles. The Morgan fingerprint density at radius 1 is 1.09 bits per heavy atom. The second kappa shape index (κ2) is 5.31. The van der Waals surface area contributed by atoms with Crippen LogP contribution in [0.5, 0.6) is 0 Å². The number of hydrogen-bond acceptors (Lipinski definition) is 2. The molecule has 0 radical (unpaired) electrons. The SMILES string of the molecule is CC[C@H]1CC[C@H]2[C@@H]3CC[C@@H]4C[C@H](O)CC[C@]4(C)[C@H]3C(=O)C[C@]12C. The van der Waals surface area contributed by atoms with Gasteiger partial charge in [-0.25, -0.2) is 0 Å². The summed E-state index contributed by atoms with van der Waals surface area (Å²) in [5.74, 6) is 3.62. The molecule has 2 heteroatoms. The van der Waals surface area contributed by atoms with Crippen LogP contribution in [-0.2, 0) is 4.79 Å². The highest BCUT2D eigenvalue weighted by Crippen LogP contribution is 2.66. The van der Waals surface area contributed by atoms with E-state index in [0.717, 1.165) is 37.5 Å². The monoisotopic (exact) mass is 318 g/mol. The Balaban J connectivity index is 1.68. The maximum Gasteiger partial charge on any atom is 0.137 e. The maximum absolute atomic E-state index is 13.3. The Labute approximate surface area is 141 Å². The molecule has 4 fully saturated rings. The van der Waals surface area contributed by atoms with Crippen molar-refractivity contribution in [1.29, 1.82) is 0 Å². The molecule has 4 rings (SSSR count). The summed E-state index contributed by atoms with van der Waals surface area (Å²) in [5.41, 5.74) is 0.454. The zero-order valence-electron chi connectivity index (χ0n) is 15.2. The van der Waals surface area contributed by atoms with E-state index in [1.54, 1.807) is 0 Å². The van der Waals surface area contributed by atoms with Gasteiger partial charge < -0.3 is 5.11 Å². The zero-order chi connectivity index (χ0) is 16.4. The van der Waals surface area contributed by atoms with Crippen molar-refractivity contribution in [1.82, 2.24) is 0 Å². The molecule has 0 amide bonds. The number of hydrogen-bond donors (Lipinski definition) is 1. The standard InChI is InChI=1S/C21H34O2/c1-4-13-6-8-17-16-7-5-14-11-15(22)9-10-20(14,2)19(16)18(23)12-21(13,17)3/h13-17,19,22H,4-12H2,1-3H3/t13-,14+,15+,16-,17-,19+,20-,21+/m0/s1. The highest BCUT2D eigenvalue weighted by atomic mass is 16.3. The van der Waals surface area contributed by atoms with Gasteiger partial charge in [-0.15, -0.1) is 0 Å². The Bertz CT molecular complexity index is 500. The van der Waals surface area contributed by atoms with Crippen LogP contribution < -0.4 is 0 Å². The van der Waals surface area contributed by atoms with Crippen LogP contribution in [0.2, 0.25) is 0 Å². The van der Waals surface area contributed by atoms with Crippen LogP contribution in [0.3, 0.4) is 0 Å². The van der Waals surface area contributed by atoms with Gasteiger partial charge in [0.2, 0.25) is 0 Å². The number of Topliss-reactive ketones (excluding diaryl/α,β-unsaturated/α-hetero) is 1. The Morgan fingerprint density at radius 3 is 2.61 bits per heavy atom. The first-order valence-corrected chi connectivity index (χ1v) is 10.1. The third-order valence-electron chi connectivity index (χ3n) is 9.01. The molecule has 4 aliphatic rings. The minimum atomic E-state index is -0.121. The van der Waals surface area contributed by atoms with Crippen molar-refractivity contribution in [2.75, 3.05) is 0 Å². The molecule has 0 aromatic rings. The molecule has 1 N–H and O–H groups in total. The average Bonchev–Trinajstić information content (AvgIpc) is 2.83. The molecule has 4 saturated carbocycles. The van der Waals surface area contributed by atoms with Crippen molar-refractivity contribution < 1.29 is 9.90 Å². The third kappa shape index (κ3) is 2.12. The van der Waals surface area contributed by atoms with Gasteiger partial charge in [-0.05, 0) is 79.4 Å². The molecule has 0 bridgehead atoms. The van der Waals surface area contributed by atoms with Crippen molar-refractivity contribution in [2.24, 2.45) is 40.4 Å². The van der Waals surface area contributed by atoms with Crippen LogP contribution in [0.4, 0.5) is 0 Å². The number of fused-ring (bicyclic) bond motifs is 5. The van der Waals surface area contributed by atoms with E-state index >= 15 is 0 Å². The topological polar surface area (TPSA) is 37.3 Å². The lowest BCUT2D eigenvalue weighted by atomic mass is 9.44. The van der Waals surface area contributed by atoms with Crippen LogP contribution in [0.25, 0.3) is 0 Å². The molecular weight excluding hydrogens is 284 g/mol. The minimum Gasteiger partial charge on any atom is -0.393 e. The second-order valence-electron chi connectivity index (χ2n) is 9.79.